The molecule has 20 heavy (non-hydrogen) atoms. The number of urea groups is 1. The molecular weight excluding hydrogens is 290 g/mol. The van der Waals surface area contributed by atoms with E-state index >= 15 is 0 Å². The Morgan fingerprint density at radius 2 is 2.15 bits per heavy atom. The number of carboxylic acid groups (broad SMARTS) is 1. The van der Waals surface area contributed by atoms with Crippen LogP contribution in [0.2, 0.25) is 5.02 Å². The first-order valence-corrected chi connectivity index (χ1v) is 5.89. The quantitative estimate of drug-likeness (QED) is 0.562. The number of carbonyl (C=O) groups is 2. The molecule has 0 heterocycles. The summed E-state index contributed by atoms with van der Waals surface area (Å²) in [6.45, 7) is 1.15. The molecule has 3 N–H and O–H groups in total. The maximum Gasteiger partial charge on any atom is 0.325 e. The molecule has 0 aromatic heterocycles. The Bertz CT molecular complexity index is 549. The number of nitro benzene ring substituents is 1. The molecular formula is C11H12ClN3O5. The summed E-state index contributed by atoms with van der Waals surface area (Å²) in [6.07, 6.45) is 0. The molecule has 0 saturated heterocycles. The van der Waals surface area contributed by atoms with E-state index in [0.29, 0.717) is 5.02 Å². The molecule has 0 saturated carbocycles. The van der Waals surface area contributed by atoms with E-state index in [4.69, 9.17) is 16.7 Å². The van der Waals surface area contributed by atoms with E-state index in [0.717, 1.165) is 0 Å². The number of halogens is 1. The fourth-order valence-corrected chi connectivity index (χ4v) is 1.55. The van der Waals surface area contributed by atoms with Crippen molar-refractivity contribution >= 4 is 29.3 Å². The fourth-order valence-electron chi connectivity index (χ4n) is 1.36. The highest BCUT2D eigenvalue weighted by Crippen LogP contribution is 2.22. The zero-order valence-electron chi connectivity index (χ0n) is 10.4. The minimum atomic E-state index is -1.19. The van der Waals surface area contributed by atoms with Gasteiger partial charge in [-0.05, 0) is 19.1 Å². The molecule has 0 aliphatic heterocycles. The fraction of sp³-hybridized carbons (Fsp3) is 0.273. The number of amides is 2. The number of nitro groups is 1. The largest absolute Gasteiger partial charge is 0.480 e. The molecule has 0 spiro atoms. The molecule has 108 valence electrons. The topological polar surface area (TPSA) is 122 Å². The van der Waals surface area contributed by atoms with E-state index in [2.05, 4.69) is 10.6 Å². The highest BCUT2D eigenvalue weighted by Gasteiger charge is 2.16. The van der Waals surface area contributed by atoms with Crippen LogP contribution < -0.4 is 10.6 Å². The van der Waals surface area contributed by atoms with E-state index in [1.165, 1.54) is 25.1 Å². The van der Waals surface area contributed by atoms with Crippen LogP contribution in [0.1, 0.15) is 12.5 Å². The van der Waals surface area contributed by atoms with Gasteiger partial charge in [0, 0.05) is 11.1 Å². The van der Waals surface area contributed by atoms with Gasteiger partial charge in [-0.2, -0.15) is 0 Å². The van der Waals surface area contributed by atoms with Gasteiger partial charge < -0.3 is 15.7 Å². The number of aliphatic carboxylic acids is 1. The molecule has 0 aliphatic rings. The van der Waals surface area contributed by atoms with Gasteiger partial charge in [-0.15, -0.1) is 0 Å². The lowest BCUT2D eigenvalue weighted by Gasteiger charge is -2.11. The Hall–Kier alpha value is -2.35. The van der Waals surface area contributed by atoms with Gasteiger partial charge in [-0.25, -0.2) is 4.79 Å². The number of rotatable bonds is 5. The van der Waals surface area contributed by atoms with Gasteiger partial charge in [0.2, 0.25) is 0 Å². The van der Waals surface area contributed by atoms with Crippen molar-refractivity contribution in [2.24, 2.45) is 0 Å². The first-order chi connectivity index (χ1) is 9.31. The van der Waals surface area contributed by atoms with Gasteiger partial charge >= 0.3 is 12.0 Å². The summed E-state index contributed by atoms with van der Waals surface area (Å²) in [4.78, 5) is 32.2. The Labute approximate surface area is 118 Å². The van der Waals surface area contributed by atoms with Crippen molar-refractivity contribution < 1.29 is 19.6 Å². The number of hydrogen-bond acceptors (Lipinski definition) is 4. The minimum Gasteiger partial charge on any atom is -0.480 e. The van der Waals surface area contributed by atoms with E-state index in [1.54, 1.807) is 0 Å². The Morgan fingerprint density at radius 1 is 1.50 bits per heavy atom. The lowest BCUT2D eigenvalue weighted by molar-refractivity contribution is -0.385. The highest BCUT2D eigenvalue weighted by molar-refractivity contribution is 6.30. The van der Waals surface area contributed by atoms with Crippen LogP contribution in [0.15, 0.2) is 18.2 Å². The van der Waals surface area contributed by atoms with Crippen LogP contribution in [0.4, 0.5) is 10.5 Å². The predicted octanol–water partition coefficient (Wildman–Crippen LogP) is 1.52. The van der Waals surface area contributed by atoms with Gasteiger partial charge in [-0.1, -0.05) is 11.6 Å². The summed E-state index contributed by atoms with van der Waals surface area (Å²) in [5, 5.41) is 24.2. The zero-order valence-corrected chi connectivity index (χ0v) is 11.2. The van der Waals surface area contributed by atoms with Crippen LogP contribution in [0.5, 0.6) is 0 Å². The van der Waals surface area contributed by atoms with Crippen molar-refractivity contribution in [1.29, 1.82) is 0 Å². The van der Waals surface area contributed by atoms with Crippen LogP contribution in [-0.2, 0) is 11.3 Å². The van der Waals surface area contributed by atoms with Gasteiger partial charge in [0.1, 0.15) is 6.04 Å². The standard InChI is InChI=1S/C11H12ClN3O5/c1-6(10(16)17)14-11(18)13-5-7-4-8(12)2-3-9(7)15(19)20/h2-4,6H,5H2,1H3,(H,16,17)(H2,13,14,18). The molecule has 0 bridgehead atoms. The monoisotopic (exact) mass is 301 g/mol. The average Bonchev–Trinajstić information content (AvgIpc) is 2.35. The summed E-state index contributed by atoms with van der Waals surface area (Å²) in [6, 6.07) is 2.16. The number of nitrogens with one attached hydrogen (secondary N) is 2. The van der Waals surface area contributed by atoms with Crippen molar-refractivity contribution in [2.75, 3.05) is 0 Å². The van der Waals surface area contributed by atoms with E-state index in [1.807, 2.05) is 0 Å². The van der Waals surface area contributed by atoms with Crippen molar-refractivity contribution in [1.82, 2.24) is 10.6 Å². The summed E-state index contributed by atoms with van der Waals surface area (Å²) < 4.78 is 0. The van der Waals surface area contributed by atoms with Gasteiger partial charge in [-0.3, -0.25) is 14.9 Å². The maximum atomic E-state index is 11.4. The summed E-state index contributed by atoms with van der Waals surface area (Å²) >= 11 is 5.73. The molecule has 1 atom stereocenters. The lowest BCUT2D eigenvalue weighted by Crippen LogP contribution is -2.44. The second kappa shape index (κ2) is 6.71. The molecule has 0 fully saturated rings. The first kappa shape index (κ1) is 15.7. The number of benzene rings is 1. The third-order valence-electron chi connectivity index (χ3n) is 2.40. The number of carboxylic acids is 1. The Balaban J connectivity index is 2.70. The third-order valence-corrected chi connectivity index (χ3v) is 2.63. The first-order valence-electron chi connectivity index (χ1n) is 5.51. The molecule has 9 heteroatoms. The zero-order chi connectivity index (χ0) is 15.3. The molecule has 2 amide bonds. The van der Waals surface area contributed by atoms with Gasteiger partial charge in [0.15, 0.2) is 0 Å². The molecule has 1 unspecified atom stereocenters. The maximum absolute atomic E-state index is 11.4. The van der Waals surface area contributed by atoms with Gasteiger partial charge in [0.25, 0.3) is 5.69 Å². The average molecular weight is 302 g/mol. The Morgan fingerprint density at radius 3 is 2.70 bits per heavy atom. The summed E-state index contributed by atoms with van der Waals surface area (Å²) in [5.74, 6) is -1.19. The van der Waals surface area contributed by atoms with Crippen molar-refractivity contribution in [3.05, 3.63) is 38.9 Å². The van der Waals surface area contributed by atoms with E-state index in [-0.39, 0.29) is 17.8 Å². The molecule has 1 aromatic carbocycles. The van der Waals surface area contributed by atoms with Crippen LogP contribution in [0.3, 0.4) is 0 Å². The summed E-state index contributed by atoms with van der Waals surface area (Å²) in [5.41, 5.74) is 0.0432. The second-order valence-corrected chi connectivity index (χ2v) is 4.35. The lowest BCUT2D eigenvalue weighted by atomic mass is 10.2. The predicted molar refractivity (Wildman–Crippen MR) is 70.6 cm³/mol. The van der Waals surface area contributed by atoms with Crippen LogP contribution in [0, 0.1) is 10.1 Å². The molecule has 0 aliphatic carbocycles. The third kappa shape index (κ3) is 4.39. The van der Waals surface area contributed by atoms with Gasteiger partial charge in [0.05, 0.1) is 17.0 Å². The number of nitrogens with zero attached hydrogens (tertiary/aromatic N) is 1. The van der Waals surface area contributed by atoms with Crippen molar-refractivity contribution in [3.63, 3.8) is 0 Å². The normalized spacial score (nSPS) is 11.5. The SMILES string of the molecule is CC(NC(=O)NCc1cc(Cl)ccc1[N+](=O)[O-])C(=O)O. The smallest absolute Gasteiger partial charge is 0.325 e. The minimum absolute atomic E-state index is 0.144. The molecule has 1 rings (SSSR count). The van der Waals surface area contributed by atoms with E-state index < -0.39 is 23.0 Å². The molecule has 0 radical (unpaired) electrons. The summed E-state index contributed by atoms with van der Waals surface area (Å²) in [7, 11) is 0. The number of carbonyl (C=O) groups excluding carboxylic acids is 1. The molecule has 1 aromatic rings. The van der Waals surface area contributed by atoms with Crippen molar-refractivity contribution in [3.8, 4) is 0 Å². The van der Waals surface area contributed by atoms with Crippen LogP contribution in [-0.4, -0.2) is 28.1 Å². The molecule has 8 nitrogen and oxygen atoms in total. The second-order valence-electron chi connectivity index (χ2n) is 3.92. The number of hydrogen-bond donors (Lipinski definition) is 3. The van der Waals surface area contributed by atoms with E-state index in [9.17, 15) is 19.7 Å². The highest BCUT2D eigenvalue weighted by atomic mass is 35.5. The Kier molecular flexibility index (Phi) is 5.27. The van der Waals surface area contributed by atoms with Crippen LogP contribution in [0.25, 0.3) is 0 Å². The van der Waals surface area contributed by atoms with Crippen molar-refractivity contribution in [2.45, 2.75) is 19.5 Å². The van der Waals surface area contributed by atoms with Crippen LogP contribution >= 0.6 is 11.6 Å².